The number of hydrogen-bond acceptors (Lipinski definition) is 1. The third-order valence-corrected chi connectivity index (χ3v) is 14.6. The fourth-order valence-electron chi connectivity index (χ4n) is 2.29. The summed E-state index contributed by atoms with van der Waals surface area (Å²) in [6.45, 7) is 2.37. The summed E-state index contributed by atoms with van der Waals surface area (Å²) in [7, 11) is 7.12. The van der Waals surface area contributed by atoms with Gasteiger partial charge in [-0.2, -0.15) is 0 Å². The molecule has 0 saturated carbocycles. The van der Waals surface area contributed by atoms with Crippen LogP contribution in [0.25, 0.3) is 0 Å². The first-order valence-corrected chi connectivity index (χ1v) is 11.9. The van der Waals surface area contributed by atoms with Crippen molar-refractivity contribution in [3.05, 3.63) is 29.6 Å². The Hall–Kier alpha value is 0.870. The van der Waals surface area contributed by atoms with Gasteiger partial charge in [-0.3, -0.25) is 4.98 Å². The van der Waals surface area contributed by atoms with Gasteiger partial charge in [-0.25, -0.2) is 0 Å². The zero-order chi connectivity index (χ0) is 10.8. The van der Waals surface area contributed by atoms with Crippen LogP contribution in [-0.2, 0) is 6.42 Å². The molecular weight excluding hydrogens is 258 g/mol. The first-order valence-electron chi connectivity index (χ1n) is 5.18. The number of aromatic nitrogens is 1. The van der Waals surface area contributed by atoms with Crippen LogP contribution >= 0.6 is 33.1 Å². The molecule has 2 rings (SSSR count). The van der Waals surface area contributed by atoms with Gasteiger partial charge in [0.05, 0.1) is 0 Å². The molecule has 0 saturated heterocycles. The topological polar surface area (TPSA) is 12.9 Å². The van der Waals surface area contributed by atoms with Crippen molar-refractivity contribution in [3.63, 3.8) is 0 Å². The van der Waals surface area contributed by atoms with Gasteiger partial charge in [0.1, 0.15) is 0 Å². The second-order valence-corrected chi connectivity index (χ2v) is 13.6. The van der Waals surface area contributed by atoms with E-state index in [1.807, 2.05) is 6.20 Å². The van der Waals surface area contributed by atoms with Gasteiger partial charge in [-0.1, -0.05) is 28.2 Å². The molecule has 0 bridgehead atoms. The molecule has 6 atom stereocenters. The van der Waals surface area contributed by atoms with Crippen molar-refractivity contribution in [2.24, 2.45) is 0 Å². The van der Waals surface area contributed by atoms with Gasteiger partial charge < -0.3 is 0 Å². The highest BCUT2D eigenvalue weighted by Crippen LogP contribution is 2.72. The Labute approximate surface area is 99.2 Å². The summed E-state index contributed by atoms with van der Waals surface area (Å²) in [4.78, 5) is 4.49. The molecule has 82 valence electrons. The SMILES string of the molecule is C[C@@H]1c2cccnc2CC[C@@H]1P(P)PP. The number of aryl methyl sites for hydroxylation is 1. The predicted molar refractivity (Wildman–Crippen MR) is 79.4 cm³/mol. The lowest BCUT2D eigenvalue weighted by Gasteiger charge is -2.34. The second kappa shape index (κ2) is 5.47. The van der Waals surface area contributed by atoms with E-state index in [1.165, 1.54) is 24.1 Å². The Kier molecular flexibility index (Phi) is 4.50. The van der Waals surface area contributed by atoms with Crippen LogP contribution < -0.4 is 0 Å². The molecule has 1 nitrogen and oxygen atoms in total. The molecular formula is C10H17NP4. The normalized spacial score (nSPS) is 27.9. The van der Waals surface area contributed by atoms with Gasteiger partial charge in [0.25, 0.3) is 0 Å². The lowest BCUT2D eigenvalue weighted by atomic mass is 9.86. The molecule has 5 heteroatoms. The minimum absolute atomic E-state index is 0.119. The van der Waals surface area contributed by atoms with Crippen LogP contribution in [0.4, 0.5) is 0 Å². The van der Waals surface area contributed by atoms with E-state index in [1.54, 1.807) is 0 Å². The summed E-state index contributed by atoms with van der Waals surface area (Å²) < 4.78 is 0. The van der Waals surface area contributed by atoms with E-state index in [2.05, 4.69) is 41.9 Å². The molecule has 0 fully saturated rings. The van der Waals surface area contributed by atoms with Crippen molar-refractivity contribution in [2.45, 2.75) is 31.3 Å². The zero-order valence-corrected chi connectivity index (χ0v) is 13.1. The molecule has 1 aliphatic rings. The van der Waals surface area contributed by atoms with Gasteiger partial charge in [0.15, 0.2) is 0 Å². The summed E-state index contributed by atoms with van der Waals surface area (Å²) >= 11 is 0. The third-order valence-electron chi connectivity index (χ3n) is 3.18. The van der Waals surface area contributed by atoms with Crippen molar-refractivity contribution in [3.8, 4) is 0 Å². The third kappa shape index (κ3) is 2.58. The number of rotatable bonds is 2. The van der Waals surface area contributed by atoms with Crippen LogP contribution in [-0.4, -0.2) is 10.6 Å². The van der Waals surface area contributed by atoms with Crippen molar-refractivity contribution in [1.29, 1.82) is 0 Å². The molecule has 1 aromatic rings. The van der Waals surface area contributed by atoms with E-state index in [-0.39, 0.29) is 7.30 Å². The highest BCUT2D eigenvalue weighted by Gasteiger charge is 2.29. The summed E-state index contributed by atoms with van der Waals surface area (Å²) in [5.74, 6) is 0.694. The van der Waals surface area contributed by atoms with Crippen LogP contribution in [0.3, 0.4) is 0 Å². The standard InChI is InChI=1S/C10H17NP4/c1-7-8-3-2-6-11-9(8)4-5-10(7)15(13)14-12/h2-3,6-7,10,14H,4-5,12-13H2,1H3/t7-,10+,15?/m1/s1. The summed E-state index contributed by atoms with van der Waals surface area (Å²) in [5.41, 5.74) is 3.70. The maximum absolute atomic E-state index is 4.49. The fraction of sp³-hybridized carbons (Fsp3) is 0.500. The Bertz CT molecular complexity index is 344. The quantitative estimate of drug-likeness (QED) is 0.739. The molecule has 0 aliphatic heterocycles. The predicted octanol–water partition coefficient (Wildman–Crippen LogP) is 4.16. The van der Waals surface area contributed by atoms with E-state index in [4.69, 9.17) is 0 Å². The highest BCUT2D eigenvalue weighted by molar-refractivity contribution is 8.61. The number of nitrogens with zero attached hydrogens (tertiary/aromatic N) is 1. The summed E-state index contributed by atoms with van der Waals surface area (Å²) in [6, 6.07) is 4.34. The van der Waals surface area contributed by atoms with Crippen LogP contribution in [0.1, 0.15) is 30.5 Å². The molecule has 1 aliphatic carbocycles. The average molecular weight is 275 g/mol. The Morgan fingerprint density at radius 1 is 1.60 bits per heavy atom. The van der Waals surface area contributed by atoms with Crippen molar-refractivity contribution in [1.82, 2.24) is 4.98 Å². The summed E-state index contributed by atoms with van der Waals surface area (Å²) in [6.07, 6.45) is 4.42. The monoisotopic (exact) mass is 275 g/mol. The number of fused-ring (bicyclic) bond motifs is 1. The zero-order valence-electron chi connectivity index (χ0n) is 8.85. The van der Waals surface area contributed by atoms with E-state index in [9.17, 15) is 0 Å². The first-order chi connectivity index (χ1) is 7.24. The van der Waals surface area contributed by atoms with Crippen molar-refractivity contribution >= 4 is 33.1 Å². The lowest BCUT2D eigenvalue weighted by molar-refractivity contribution is 0.593. The molecule has 4 unspecified atom stereocenters. The molecule has 0 aromatic carbocycles. The van der Waals surface area contributed by atoms with Gasteiger partial charge >= 0.3 is 0 Å². The van der Waals surface area contributed by atoms with Gasteiger partial charge in [0, 0.05) is 11.9 Å². The number of pyridine rings is 1. The molecule has 1 heterocycles. The van der Waals surface area contributed by atoms with Crippen LogP contribution in [0, 0.1) is 0 Å². The molecule has 0 spiro atoms. The Balaban J connectivity index is 2.25. The minimum atomic E-state index is 0.119. The van der Waals surface area contributed by atoms with Crippen LogP contribution in [0.2, 0.25) is 0 Å². The molecule has 1 aromatic heterocycles. The van der Waals surface area contributed by atoms with E-state index < -0.39 is 0 Å². The Morgan fingerprint density at radius 2 is 2.40 bits per heavy atom. The van der Waals surface area contributed by atoms with Crippen molar-refractivity contribution < 1.29 is 0 Å². The first kappa shape index (κ1) is 12.3. The smallest absolute Gasteiger partial charge is 0.0438 e. The fourth-order valence-corrected chi connectivity index (χ4v) is 8.11. The Morgan fingerprint density at radius 3 is 3.13 bits per heavy atom. The lowest BCUT2D eigenvalue weighted by Crippen LogP contribution is -2.21. The minimum Gasteiger partial charge on any atom is -0.261 e. The maximum atomic E-state index is 4.49. The average Bonchev–Trinajstić information content (AvgIpc) is 2.29. The van der Waals surface area contributed by atoms with E-state index in [0.29, 0.717) is 5.92 Å². The van der Waals surface area contributed by atoms with Crippen molar-refractivity contribution in [2.75, 3.05) is 0 Å². The number of hydrogen-bond donors (Lipinski definition) is 0. The molecule has 0 amide bonds. The van der Waals surface area contributed by atoms with Crippen LogP contribution in [0.5, 0.6) is 0 Å². The van der Waals surface area contributed by atoms with Crippen LogP contribution in [0.15, 0.2) is 18.3 Å². The largest absolute Gasteiger partial charge is 0.261 e. The van der Waals surface area contributed by atoms with Gasteiger partial charge in [-0.05, 0) is 36.0 Å². The van der Waals surface area contributed by atoms with Gasteiger partial charge in [-0.15, -0.1) is 17.9 Å². The second-order valence-electron chi connectivity index (χ2n) is 3.97. The molecule has 0 radical (unpaired) electrons. The maximum Gasteiger partial charge on any atom is 0.0438 e. The van der Waals surface area contributed by atoms with E-state index in [0.717, 1.165) is 13.6 Å². The van der Waals surface area contributed by atoms with E-state index >= 15 is 0 Å². The summed E-state index contributed by atoms with van der Waals surface area (Å²) in [5, 5.41) is 0. The van der Waals surface area contributed by atoms with Gasteiger partial charge in [0.2, 0.25) is 0 Å². The highest BCUT2D eigenvalue weighted by atomic mass is 32.6. The molecule has 15 heavy (non-hydrogen) atoms. The molecule has 0 N–H and O–H groups in total.